The summed E-state index contributed by atoms with van der Waals surface area (Å²) in [5.41, 5.74) is 3.74. The zero-order chi connectivity index (χ0) is 21.7. The van der Waals surface area contributed by atoms with Crippen LogP contribution in [-0.2, 0) is 6.54 Å². The number of ether oxygens (including phenoxy) is 2. The van der Waals surface area contributed by atoms with Gasteiger partial charge < -0.3 is 9.47 Å². The van der Waals surface area contributed by atoms with Gasteiger partial charge in [-0.05, 0) is 31.5 Å². The number of hydrazone groups is 1. The Balaban J connectivity index is 1.96. The van der Waals surface area contributed by atoms with Crippen LogP contribution in [0.3, 0.4) is 0 Å². The van der Waals surface area contributed by atoms with E-state index in [2.05, 4.69) is 15.6 Å². The van der Waals surface area contributed by atoms with Gasteiger partial charge in [0.25, 0.3) is 11.5 Å². The number of methoxy groups -OCH3 is 2. The average Bonchev–Trinajstić information content (AvgIpc) is 2.78. The summed E-state index contributed by atoms with van der Waals surface area (Å²) in [6.07, 6.45) is 0.723. The topological polar surface area (TPSA) is 94.8 Å². The van der Waals surface area contributed by atoms with Gasteiger partial charge in [0, 0.05) is 23.6 Å². The summed E-state index contributed by atoms with van der Waals surface area (Å²) < 4.78 is 11.9. The highest BCUT2D eigenvalue weighted by Gasteiger charge is 2.16. The first-order valence-electron chi connectivity index (χ1n) is 9.57. The van der Waals surface area contributed by atoms with Crippen molar-refractivity contribution in [3.63, 3.8) is 0 Å². The number of carbonyl (C=O) groups excluding carboxylic acids is 1. The number of nitrogens with zero attached hydrogens (tertiary/aromatic N) is 3. The van der Waals surface area contributed by atoms with E-state index < -0.39 is 5.91 Å². The summed E-state index contributed by atoms with van der Waals surface area (Å²) in [4.78, 5) is 25.5. The van der Waals surface area contributed by atoms with Gasteiger partial charge in [-0.3, -0.25) is 9.59 Å². The van der Waals surface area contributed by atoms with Crippen LogP contribution in [0.1, 0.15) is 36.3 Å². The van der Waals surface area contributed by atoms with Crippen molar-refractivity contribution in [2.24, 2.45) is 5.10 Å². The third-order valence-corrected chi connectivity index (χ3v) is 4.64. The Bertz CT molecular complexity index is 1170. The number of fused-ring (bicyclic) bond motifs is 1. The maximum atomic E-state index is 12.9. The summed E-state index contributed by atoms with van der Waals surface area (Å²) in [6, 6.07) is 12.3. The number of hydrogen-bond acceptors (Lipinski definition) is 6. The van der Waals surface area contributed by atoms with E-state index in [4.69, 9.17) is 9.47 Å². The van der Waals surface area contributed by atoms with Gasteiger partial charge in [-0.2, -0.15) is 10.2 Å². The van der Waals surface area contributed by atoms with E-state index in [1.54, 1.807) is 63.6 Å². The second kappa shape index (κ2) is 9.21. The van der Waals surface area contributed by atoms with Gasteiger partial charge in [0.05, 0.1) is 25.3 Å². The molecule has 0 aliphatic rings. The van der Waals surface area contributed by atoms with Crippen molar-refractivity contribution in [1.82, 2.24) is 15.2 Å². The first-order valence-corrected chi connectivity index (χ1v) is 9.57. The molecule has 1 amide bonds. The predicted molar refractivity (Wildman–Crippen MR) is 116 cm³/mol. The molecular formula is C22H24N4O4. The highest BCUT2D eigenvalue weighted by Crippen LogP contribution is 2.25. The SMILES string of the molecule is CCCn1nc(C(=O)N/N=C(\C)c2ccc(OC)cc2OC)c2ccccc2c1=O. The van der Waals surface area contributed by atoms with Crippen molar-refractivity contribution in [1.29, 1.82) is 0 Å². The first kappa shape index (κ1) is 21.0. The van der Waals surface area contributed by atoms with Gasteiger partial charge >= 0.3 is 0 Å². The molecule has 2 aromatic carbocycles. The van der Waals surface area contributed by atoms with E-state index in [0.717, 1.165) is 6.42 Å². The number of benzene rings is 2. The van der Waals surface area contributed by atoms with E-state index >= 15 is 0 Å². The predicted octanol–water partition coefficient (Wildman–Crippen LogP) is 2.98. The molecule has 1 aromatic heterocycles. The lowest BCUT2D eigenvalue weighted by atomic mass is 10.1. The Labute approximate surface area is 174 Å². The monoisotopic (exact) mass is 408 g/mol. The van der Waals surface area contributed by atoms with Crippen molar-refractivity contribution in [2.45, 2.75) is 26.8 Å². The fourth-order valence-corrected chi connectivity index (χ4v) is 3.11. The van der Waals surface area contributed by atoms with E-state index in [1.807, 2.05) is 6.92 Å². The smallest absolute Gasteiger partial charge is 0.292 e. The molecule has 0 aliphatic carbocycles. The molecule has 1 N–H and O–H groups in total. The van der Waals surface area contributed by atoms with Gasteiger partial charge in [-0.1, -0.05) is 25.1 Å². The Hall–Kier alpha value is -3.68. The van der Waals surface area contributed by atoms with E-state index in [-0.39, 0.29) is 11.3 Å². The van der Waals surface area contributed by atoms with Gasteiger partial charge in [-0.25, -0.2) is 10.1 Å². The van der Waals surface area contributed by atoms with Crippen LogP contribution in [-0.4, -0.2) is 35.6 Å². The van der Waals surface area contributed by atoms with Crippen LogP contribution < -0.4 is 20.5 Å². The fraction of sp³-hybridized carbons (Fsp3) is 0.273. The number of aromatic nitrogens is 2. The van der Waals surface area contributed by atoms with E-state index in [9.17, 15) is 9.59 Å². The largest absolute Gasteiger partial charge is 0.497 e. The number of rotatable bonds is 7. The molecule has 0 saturated carbocycles. The minimum atomic E-state index is -0.497. The van der Waals surface area contributed by atoms with E-state index in [1.165, 1.54) is 4.68 Å². The Morgan fingerprint density at radius 1 is 1.13 bits per heavy atom. The first-order chi connectivity index (χ1) is 14.5. The molecule has 0 bridgehead atoms. The molecule has 156 valence electrons. The molecule has 30 heavy (non-hydrogen) atoms. The highest BCUT2D eigenvalue weighted by atomic mass is 16.5. The van der Waals surface area contributed by atoms with Crippen LogP contribution in [0.15, 0.2) is 52.4 Å². The average molecular weight is 408 g/mol. The molecule has 0 unspecified atom stereocenters. The molecule has 0 spiro atoms. The molecule has 0 atom stereocenters. The number of nitrogens with one attached hydrogen (secondary N) is 1. The lowest BCUT2D eigenvalue weighted by Crippen LogP contribution is -2.29. The quantitative estimate of drug-likeness (QED) is 0.479. The van der Waals surface area contributed by atoms with Crippen LogP contribution in [0.25, 0.3) is 10.8 Å². The van der Waals surface area contributed by atoms with E-state index in [0.29, 0.717) is 40.1 Å². The van der Waals surface area contributed by atoms with Crippen LogP contribution in [0.5, 0.6) is 11.5 Å². The Kier molecular flexibility index (Phi) is 6.46. The van der Waals surface area contributed by atoms with Crippen molar-refractivity contribution in [2.75, 3.05) is 14.2 Å². The van der Waals surface area contributed by atoms with Crippen LogP contribution in [0, 0.1) is 0 Å². The second-order valence-electron chi connectivity index (χ2n) is 6.63. The second-order valence-corrected chi connectivity index (χ2v) is 6.63. The molecule has 0 aliphatic heterocycles. The van der Waals surface area contributed by atoms with Gasteiger partial charge in [-0.15, -0.1) is 0 Å². The summed E-state index contributed by atoms with van der Waals surface area (Å²) >= 11 is 0. The standard InChI is InChI=1S/C22H24N4O4/c1-5-12-26-22(28)18-9-7-6-8-17(18)20(25-26)21(27)24-23-14(2)16-11-10-15(29-3)13-19(16)30-4/h6-11,13H,5,12H2,1-4H3,(H,24,27)/b23-14+. The summed E-state index contributed by atoms with van der Waals surface area (Å²) in [7, 11) is 3.13. The minimum Gasteiger partial charge on any atom is -0.497 e. The molecule has 0 fully saturated rings. The van der Waals surface area contributed by atoms with Crippen LogP contribution >= 0.6 is 0 Å². The number of aryl methyl sites for hydroxylation is 1. The molecule has 8 heteroatoms. The molecule has 8 nitrogen and oxygen atoms in total. The molecule has 0 saturated heterocycles. The lowest BCUT2D eigenvalue weighted by Gasteiger charge is -2.11. The van der Waals surface area contributed by atoms with Crippen molar-refractivity contribution in [3.05, 3.63) is 64.1 Å². The summed E-state index contributed by atoms with van der Waals surface area (Å²) in [5, 5.41) is 9.42. The number of amides is 1. The molecular weight excluding hydrogens is 384 g/mol. The maximum absolute atomic E-state index is 12.9. The molecule has 1 heterocycles. The number of carbonyl (C=O) groups is 1. The third-order valence-electron chi connectivity index (χ3n) is 4.64. The van der Waals surface area contributed by atoms with Crippen molar-refractivity contribution < 1.29 is 14.3 Å². The molecule has 3 aromatic rings. The van der Waals surface area contributed by atoms with Crippen LogP contribution in [0.4, 0.5) is 0 Å². The summed E-state index contributed by atoms with van der Waals surface area (Å²) in [6.45, 7) is 4.13. The normalized spacial score (nSPS) is 11.4. The molecule has 0 radical (unpaired) electrons. The van der Waals surface area contributed by atoms with Gasteiger partial charge in [0.1, 0.15) is 11.5 Å². The van der Waals surface area contributed by atoms with Crippen molar-refractivity contribution >= 4 is 22.4 Å². The summed E-state index contributed by atoms with van der Waals surface area (Å²) in [5.74, 6) is 0.731. The fourth-order valence-electron chi connectivity index (χ4n) is 3.11. The van der Waals surface area contributed by atoms with Gasteiger partial charge in [0.15, 0.2) is 5.69 Å². The van der Waals surface area contributed by atoms with Crippen molar-refractivity contribution in [3.8, 4) is 11.5 Å². The zero-order valence-corrected chi connectivity index (χ0v) is 17.4. The lowest BCUT2D eigenvalue weighted by molar-refractivity contribution is 0.0949. The highest BCUT2D eigenvalue weighted by molar-refractivity contribution is 6.06. The zero-order valence-electron chi connectivity index (χ0n) is 17.4. The van der Waals surface area contributed by atoms with Gasteiger partial charge in [0.2, 0.25) is 0 Å². The number of hydrogen-bond donors (Lipinski definition) is 1. The maximum Gasteiger partial charge on any atom is 0.292 e. The van der Waals surface area contributed by atoms with Crippen LogP contribution in [0.2, 0.25) is 0 Å². The minimum absolute atomic E-state index is 0.150. The Morgan fingerprint density at radius 2 is 1.87 bits per heavy atom. The Morgan fingerprint density at radius 3 is 2.53 bits per heavy atom. The molecule has 3 rings (SSSR count). The third kappa shape index (κ3) is 4.17.